The molecule has 1 aliphatic rings. The molecule has 0 aromatic heterocycles. The van der Waals surface area contributed by atoms with Gasteiger partial charge in [-0.1, -0.05) is 12.2 Å². The van der Waals surface area contributed by atoms with Crippen LogP contribution in [0.15, 0.2) is 24.4 Å². The summed E-state index contributed by atoms with van der Waals surface area (Å²) < 4.78 is 0. The van der Waals surface area contributed by atoms with Crippen LogP contribution in [-0.2, 0) is 4.79 Å². The molecule has 0 amide bonds. The Kier molecular flexibility index (Phi) is 3.05. The van der Waals surface area contributed by atoms with Gasteiger partial charge in [-0.05, 0) is 6.08 Å². The first-order chi connectivity index (χ1) is 5.75. The molecule has 1 rings (SSSR count). The van der Waals surface area contributed by atoms with Crippen LogP contribution in [0.1, 0.15) is 6.42 Å². The molecule has 3 nitrogen and oxygen atoms in total. The molecule has 1 aliphatic heterocycles. The van der Waals surface area contributed by atoms with Gasteiger partial charge in [-0.25, -0.2) is 5.01 Å². The summed E-state index contributed by atoms with van der Waals surface area (Å²) in [4.78, 5) is 10.3. The van der Waals surface area contributed by atoms with Crippen LogP contribution >= 0.6 is 0 Å². The van der Waals surface area contributed by atoms with E-state index in [2.05, 4.69) is 0 Å². The number of aldehydes is 1. The molecule has 12 heavy (non-hydrogen) atoms. The normalized spacial score (nSPS) is 21.9. The molecule has 0 saturated heterocycles. The molecule has 66 valence electrons. The summed E-state index contributed by atoms with van der Waals surface area (Å²) in [6, 6.07) is 0.183. The third kappa shape index (κ3) is 1.95. The molecule has 0 radical (unpaired) electrons. The Morgan fingerprint density at radius 3 is 2.83 bits per heavy atom. The maximum atomic E-state index is 10.3. The summed E-state index contributed by atoms with van der Waals surface area (Å²) in [6.45, 7) is 0. The van der Waals surface area contributed by atoms with E-state index >= 15 is 0 Å². The number of carbonyl (C=O) groups is 1. The Balaban J connectivity index is 2.63. The second-order valence-corrected chi connectivity index (χ2v) is 2.92. The predicted molar refractivity (Wildman–Crippen MR) is 48.3 cm³/mol. The van der Waals surface area contributed by atoms with Crippen molar-refractivity contribution in [2.45, 2.75) is 12.5 Å². The van der Waals surface area contributed by atoms with E-state index in [0.29, 0.717) is 6.42 Å². The van der Waals surface area contributed by atoms with Crippen molar-refractivity contribution in [2.24, 2.45) is 0 Å². The van der Waals surface area contributed by atoms with Gasteiger partial charge in [0.15, 0.2) is 0 Å². The molecule has 0 aromatic rings. The van der Waals surface area contributed by atoms with E-state index in [1.54, 1.807) is 0 Å². The molecule has 0 aromatic carbocycles. The van der Waals surface area contributed by atoms with Crippen LogP contribution in [0.4, 0.5) is 0 Å². The number of rotatable bonds is 3. The zero-order valence-electron chi connectivity index (χ0n) is 7.47. The lowest BCUT2D eigenvalue weighted by Crippen LogP contribution is -2.40. The van der Waals surface area contributed by atoms with Crippen molar-refractivity contribution in [3.05, 3.63) is 24.4 Å². The lowest BCUT2D eigenvalue weighted by atomic mass is 10.1. The summed E-state index contributed by atoms with van der Waals surface area (Å²) in [6.07, 6.45) is 9.40. The quantitative estimate of drug-likeness (QED) is 0.579. The minimum atomic E-state index is 0.183. The summed E-state index contributed by atoms with van der Waals surface area (Å²) in [5.41, 5.74) is 0. The molecule has 0 spiro atoms. The van der Waals surface area contributed by atoms with Crippen LogP contribution in [0.2, 0.25) is 0 Å². The molecular formula is C9H14N2O. The molecule has 0 aliphatic carbocycles. The first kappa shape index (κ1) is 9.00. The average molecular weight is 166 g/mol. The number of hydrogen-bond donors (Lipinski definition) is 0. The van der Waals surface area contributed by atoms with Gasteiger partial charge >= 0.3 is 0 Å². The third-order valence-electron chi connectivity index (χ3n) is 1.82. The molecule has 0 bridgehead atoms. The van der Waals surface area contributed by atoms with Crippen LogP contribution < -0.4 is 0 Å². The van der Waals surface area contributed by atoms with Crippen LogP contribution in [-0.4, -0.2) is 36.4 Å². The van der Waals surface area contributed by atoms with Crippen molar-refractivity contribution >= 4 is 6.29 Å². The van der Waals surface area contributed by atoms with Gasteiger partial charge in [0.25, 0.3) is 0 Å². The summed E-state index contributed by atoms with van der Waals surface area (Å²) in [7, 11) is 3.92. The van der Waals surface area contributed by atoms with Crippen LogP contribution in [0.3, 0.4) is 0 Å². The Hall–Kier alpha value is -1.09. The fourth-order valence-corrected chi connectivity index (χ4v) is 1.24. The van der Waals surface area contributed by atoms with Crippen molar-refractivity contribution in [1.29, 1.82) is 0 Å². The fourth-order valence-electron chi connectivity index (χ4n) is 1.24. The van der Waals surface area contributed by atoms with E-state index in [0.717, 1.165) is 6.29 Å². The van der Waals surface area contributed by atoms with Gasteiger partial charge in [-0.3, -0.25) is 0 Å². The molecule has 1 heterocycles. The Morgan fingerprint density at radius 2 is 2.25 bits per heavy atom. The lowest BCUT2D eigenvalue weighted by Gasteiger charge is -2.34. The molecule has 0 fully saturated rings. The summed E-state index contributed by atoms with van der Waals surface area (Å²) in [5.74, 6) is 0. The fraction of sp³-hybridized carbons (Fsp3) is 0.444. The Bertz CT molecular complexity index is 209. The van der Waals surface area contributed by atoms with Gasteiger partial charge < -0.3 is 9.80 Å². The highest BCUT2D eigenvalue weighted by Gasteiger charge is 2.14. The van der Waals surface area contributed by atoms with Crippen LogP contribution in [0.5, 0.6) is 0 Å². The van der Waals surface area contributed by atoms with Gasteiger partial charge in [-0.2, -0.15) is 0 Å². The highest BCUT2D eigenvalue weighted by Crippen LogP contribution is 2.11. The molecular weight excluding hydrogens is 152 g/mol. The maximum Gasteiger partial charge on any atom is 0.122 e. The van der Waals surface area contributed by atoms with Gasteiger partial charge in [0, 0.05) is 26.7 Å². The van der Waals surface area contributed by atoms with E-state index in [9.17, 15) is 4.79 Å². The standard InChI is InChI=1S/C9H14N2O/c1-10(2)11-7-4-3-5-9(11)6-8-12/h3-5,7-9H,6H2,1-2H3. The smallest absolute Gasteiger partial charge is 0.122 e. The molecule has 1 atom stereocenters. The highest BCUT2D eigenvalue weighted by molar-refractivity contribution is 5.51. The summed E-state index contributed by atoms with van der Waals surface area (Å²) >= 11 is 0. The SMILES string of the molecule is CN(C)N1C=CC=CC1CC=O. The van der Waals surface area contributed by atoms with Gasteiger partial charge in [0.05, 0.1) is 6.04 Å². The van der Waals surface area contributed by atoms with Crippen LogP contribution in [0, 0.1) is 0 Å². The van der Waals surface area contributed by atoms with Gasteiger partial charge in [-0.15, -0.1) is 0 Å². The van der Waals surface area contributed by atoms with Gasteiger partial charge in [0.2, 0.25) is 0 Å². The lowest BCUT2D eigenvalue weighted by molar-refractivity contribution is -0.109. The van der Waals surface area contributed by atoms with Crippen molar-refractivity contribution in [3.8, 4) is 0 Å². The summed E-state index contributed by atoms with van der Waals surface area (Å²) in [5, 5.41) is 3.99. The second kappa shape index (κ2) is 4.07. The van der Waals surface area contributed by atoms with Crippen molar-refractivity contribution < 1.29 is 4.79 Å². The monoisotopic (exact) mass is 166 g/mol. The average Bonchev–Trinajstić information content (AvgIpc) is 2.05. The van der Waals surface area contributed by atoms with E-state index in [1.807, 2.05) is 48.5 Å². The minimum absolute atomic E-state index is 0.183. The van der Waals surface area contributed by atoms with E-state index in [-0.39, 0.29) is 6.04 Å². The maximum absolute atomic E-state index is 10.3. The van der Waals surface area contributed by atoms with Crippen molar-refractivity contribution in [1.82, 2.24) is 10.0 Å². The number of allylic oxidation sites excluding steroid dienone is 2. The Labute approximate surface area is 72.9 Å². The number of nitrogens with zero attached hydrogens (tertiary/aromatic N) is 2. The van der Waals surface area contributed by atoms with Crippen LogP contribution in [0.25, 0.3) is 0 Å². The van der Waals surface area contributed by atoms with E-state index < -0.39 is 0 Å². The van der Waals surface area contributed by atoms with Crippen molar-refractivity contribution in [3.63, 3.8) is 0 Å². The van der Waals surface area contributed by atoms with E-state index in [4.69, 9.17) is 0 Å². The molecule has 0 saturated carbocycles. The number of hydrogen-bond acceptors (Lipinski definition) is 3. The molecule has 0 N–H and O–H groups in total. The highest BCUT2D eigenvalue weighted by atomic mass is 16.1. The second-order valence-electron chi connectivity index (χ2n) is 2.92. The first-order valence-electron chi connectivity index (χ1n) is 4.00. The number of carbonyl (C=O) groups excluding carboxylic acids is 1. The zero-order valence-corrected chi connectivity index (χ0v) is 7.47. The third-order valence-corrected chi connectivity index (χ3v) is 1.82. The first-order valence-corrected chi connectivity index (χ1v) is 4.00. The molecule has 1 unspecified atom stereocenters. The predicted octanol–water partition coefficient (Wildman–Crippen LogP) is 0.806. The largest absolute Gasteiger partial charge is 0.306 e. The zero-order chi connectivity index (χ0) is 8.97. The van der Waals surface area contributed by atoms with E-state index in [1.165, 1.54) is 0 Å². The minimum Gasteiger partial charge on any atom is -0.306 e. The topological polar surface area (TPSA) is 23.6 Å². The van der Waals surface area contributed by atoms with Gasteiger partial charge in [0.1, 0.15) is 6.29 Å². The molecule has 3 heteroatoms. The Morgan fingerprint density at radius 1 is 1.50 bits per heavy atom. The number of hydrazine groups is 1. The van der Waals surface area contributed by atoms with Crippen molar-refractivity contribution in [2.75, 3.05) is 14.1 Å².